The third kappa shape index (κ3) is 2.75. The van der Waals surface area contributed by atoms with E-state index >= 15 is 0 Å². The molecule has 1 amide bonds. The lowest BCUT2D eigenvalue weighted by Gasteiger charge is -2.17. The molecule has 0 heterocycles. The molecule has 0 bridgehead atoms. The molecule has 0 saturated heterocycles. The molecule has 0 aliphatic rings. The van der Waals surface area contributed by atoms with Crippen LogP contribution in [0.25, 0.3) is 10.8 Å². The number of hydrogen-bond donors (Lipinski definition) is 1. The number of halogens is 2. The van der Waals surface area contributed by atoms with Gasteiger partial charge in [-0.2, -0.15) is 0 Å². The van der Waals surface area contributed by atoms with Gasteiger partial charge in [-0.1, -0.05) is 56.1 Å². The number of carbonyl (C=O) groups excluding carboxylic acids is 1. The molecule has 0 aliphatic carbocycles. The summed E-state index contributed by atoms with van der Waals surface area (Å²) in [4.78, 5) is 12.0. The molecule has 0 aliphatic heterocycles. The van der Waals surface area contributed by atoms with Crippen molar-refractivity contribution in [3.05, 3.63) is 40.9 Å². The van der Waals surface area contributed by atoms with Gasteiger partial charge in [0.1, 0.15) is 0 Å². The van der Waals surface area contributed by atoms with E-state index in [1.165, 1.54) is 0 Å². The second-order valence-corrected chi connectivity index (χ2v) is 7.40. The summed E-state index contributed by atoms with van der Waals surface area (Å²) in [7, 11) is 0. The molecule has 0 saturated carbocycles. The van der Waals surface area contributed by atoms with E-state index < -0.39 is 4.32 Å². The van der Waals surface area contributed by atoms with Gasteiger partial charge in [-0.25, -0.2) is 0 Å². The number of carbonyl (C=O) groups is 1. The Morgan fingerprint density at radius 3 is 2.33 bits per heavy atom. The van der Waals surface area contributed by atoms with E-state index in [1.54, 1.807) is 0 Å². The number of amides is 1. The first-order chi connectivity index (χ1) is 8.39. The molecule has 4 heteroatoms. The molecule has 1 N–H and O–H groups in total. The van der Waals surface area contributed by atoms with Crippen molar-refractivity contribution in [1.82, 2.24) is 0 Å². The van der Waals surface area contributed by atoms with Crippen LogP contribution in [0.15, 0.2) is 40.9 Å². The van der Waals surface area contributed by atoms with Crippen molar-refractivity contribution in [2.24, 2.45) is 0 Å². The molecule has 94 valence electrons. The maximum Gasteiger partial charge on any atom is 0.240 e. The summed E-state index contributed by atoms with van der Waals surface area (Å²) in [6.45, 7) is 3.65. The Hall–Kier alpha value is -0.870. The van der Waals surface area contributed by atoms with Crippen LogP contribution >= 0.6 is 31.9 Å². The first kappa shape index (κ1) is 13.6. The van der Waals surface area contributed by atoms with Gasteiger partial charge in [0.25, 0.3) is 0 Å². The van der Waals surface area contributed by atoms with E-state index in [0.717, 1.165) is 20.9 Å². The van der Waals surface area contributed by atoms with Gasteiger partial charge < -0.3 is 5.32 Å². The minimum absolute atomic E-state index is 0.0602. The molecule has 2 aromatic carbocycles. The Kier molecular flexibility index (Phi) is 3.78. The van der Waals surface area contributed by atoms with Crippen LogP contribution < -0.4 is 5.32 Å². The van der Waals surface area contributed by atoms with Crippen molar-refractivity contribution in [3.8, 4) is 0 Å². The number of hydrogen-bond acceptors (Lipinski definition) is 1. The second-order valence-electron chi connectivity index (χ2n) is 4.57. The molecule has 0 unspecified atom stereocenters. The van der Waals surface area contributed by atoms with E-state index in [2.05, 4.69) is 37.2 Å². The fourth-order valence-electron chi connectivity index (χ4n) is 1.64. The van der Waals surface area contributed by atoms with Crippen LogP contribution in [0.2, 0.25) is 0 Å². The quantitative estimate of drug-likeness (QED) is 0.761. The molecular formula is C14H13Br2NO. The number of rotatable bonds is 2. The first-order valence-electron chi connectivity index (χ1n) is 5.57. The molecule has 0 fully saturated rings. The molecule has 2 rings (SSSR count). The molecular weight excluding hydrogens is 358 g/mol. The summed E-state index contributed by atoms with van der Waals surface area (Å²) in [6, 6.07) is 11.8. The number of fused-ring (bicyclic) bond motifs is 1. The Morgan fingerprint density at radius 1 is 1.11 bits per heavy atom. The molecule has 2 aromatic rings. The predicted molar refractivity (Wildman–Crippen MR) is 83.3 cm³/mol. The summed E-state index contributed by atoms with van der Waals surface area (Å²) in [6.07, 6.45) is 0. The van der Waals surface area contributed by atoms with Crippen molar-refractivity contribution in [2.45, 2.75) is 18.2 Å². The molecule has 18 heavy (non-hydrogen) atoms. The summed E-state index contributed by atoms with van der Waals surface area (Å²) in [5, 5.41) is 5.06. The normalized spacial score (nSPS) is 11.6. The maximum atomic E-state index is 12.0. The van der Waals surface area contributed by atoms with Gasteiger partial charge in [-0.3, -0.25) is 4.79 Å². The van der Waals surface area contributed by atoms with E-state index in [1.807, 2.05) is 50.2 Å². The lowest BCUT2D eigenvalue weighted by atomic mass is 10.1. The van der Waals surface area contributed by atoms with Crippen LogP contribution in [-0.2, 0) is 4.79 Å². The van der Waals surface area contributed by atoms with Crippen LogP contribution in [0, 0.1) is 0 Å². The third-order valence-corrected chi connectivity index (χ3v) is 3.71. The van der Waals surface area contributed by atoms with Gasteiger partial charge in [0, 0.05) is 15.5 Å². The van der Waals surface area contributed by atoms with Crippen molar-refractivity contribution < 1.29 is 4.79 Å². The molecule has 2 nitrogen and oxygen atoms in total. The van der Waals surface area contributed by atoms with Crippen molar-refractivity contribution in [2.75, 3.05) is 5.32 Å². The molecule has 0 spiro atoms. The molecule has 0 atom stereocenters. The Bertz CT molecular complexity index is 602. The average molecular weight is 371 g/mol. The van der Waals surface area contributed by atoms with E-state index in [9.17, 15) is 4.79 Å². The highest BCUT2D eigenvalue weighted by atomic mass is 79.9. The highest BCUT2D eigenvalue weighted by Crippen LogP contribution is 2.31. The van der Waals surface area contributed by atoms with Gasteiger partial charge in [0.2, 0.25) is 5.91 Å². The molecule has 0 radical (unpaired) electrons. The highest BCUT2D eigenvalue weighted by molar-refractivity contribution is 9.10. The minimum Gasteiger partial charge on any atom is -0.324 e. The summed E-state index contributed by atoms with van der Waals surface area (Å²) >= 11 is 6.87. The maximum absolute atomic E-state index is 12.0. The van der Waals surface area contributed by atoms with Crippen molar-refractivity contribution in [3.63, 3.8) is 0 Å². The van der Waals surface area contributed by atoms with Crippen molar-refractivity contribution >= 4 is 54.2 Å². The second kappa shape index (κ2) is 5.02. The lowest BCUT2D eigenvalue weighted by molar-refractivity contribution is -0.117. The fraction of sp³-hybridized carbons (Fsp3) is 0.214. The number of anilines is 1. The largest absolute Gasteiger partial charge is 0.324 e. The van der Waals surface area contributed by atoms with Crippen LogP contribution in [0.1, 0.15) is 13.8 Å². The Morgan fingerprint density at radius 2 is 1.72 bits per heavy atom. The minimum atomic E-state index is -0.582. The van der Waals surface area contributed by atoms with Gasteiger partial charge in [0.05, 0.1) is 4.32 Å². The zero-order valence-corrected chi connectivity index (χ0v) is 13.3. The van der Waals surface area contributed by atoms with E-state index in [4.69, 9.17) is 0 Å². The van der Waals surface area contributed by atoms with Gasteiger partial charge in [-0.15, -0.1) is 0 Å². The smallest absolute Gasteiger partial charge is 0.240 e. The monoisotopic (exact) mass is 369 g/mol. The zero-order valence-electron chi connectivity index (χ0n) is 10.1. The van der Waals surface area contributed by atoms with Crippen molar-refractivity contribution in [1.29, 1.82) is 0 Å². The van der Waals surface area contributed by atoms with Crippen LogP contribution in [-0.4, -0.2) is 10.2 Å². The summed E-state index contributed by atoms with van der Waals surface area (Å²) in [5.74, 6) is -0.0602. The first-order valence-corrected chi connectivity index (χ1v) is 7.16. The van der Waals surface area contributed by atoms with Gasteiger partial charge in [0.15, 0.2) is 0 Å². The Balaban J connectivity index is 2.47. The fourth-order valence-corrected chi connectivity index (χ4v) is 2.22. The van der Waals surface area contributed by atoms with Gasteiger partial charge >= 0.3 is 0 Å². The number of alkyl halides is 1. The summed E-state index contributed by atoms with van der Waals surface area (Å²) in [5.41, 5.74) is 0.825. The average Bonchev–Trinajstić information content (AvgIpc) is 2.32. The van der Waals surface area contributed by atoms with E-state index in [-0.39, 0.29) is 5.91 Å². The van der Waals surface area contributed by atoms with Crippen LogP contribution in [0.4, 0.5) is 5.69 Å². The van der Waals surface area contributed by atoms with E-state index in [0.29, 0.717) is 0 Å². The standard InChI is InChI=1S/C14H13Br2NO/c1-14(2,16)13(18)17-12-8-7-11(15)9-5-3-4-6-10(9)12/h3-8H,1-2H3,(H,17,18). The summed E-state index contributed by atoms with van der Waals surface area (Å²) < 4.78 is 0.440. The predicted octanol–water partition coefficient (Wildman–Crippen LogP) is 4.71. The van der Waals surface area contributed by atoms with Gasteiger partial charge in [-0.05, 0) is 31.4 Å². The number of benzene rings is 2. The Labute approximate surface area is 123 Å². The van der Waals surface area contributed by atoms with Crippen LogP contribution in [0.5, 0.6) is 0 Å². The topological polar surface area (TPSA) is 29.1 Å². The zero-order chi connectivity index (χ0) is 13.3. The van der Waals surface area contributed by atoms with Crippen LogP contribution in [0.3, 0.4) is 0 Å². The highest BCUT2D eigenvalue weighted by Gasteiger charge is 2.24. The SMILES string of the molecule is CC(C)(Br)C(=O)Nc1ccc(Br)c2ccccc12. The number of nitrogens with one attached hydrogen (secondary N) is 1. The lowest BCUT2D eigenvalue weighted by Crippen LogP contribution is -2.31. The molecule has 0 aromatic heterocycles. The third-order valence-electron chi connectivity index (χ3n) is 2.66.